The number of carboxylic acids is 1. The molecule has 0 saturated carbocycles. The Morgan fingerprint density at radius 1 is 1.11 bits per heavy atom. The summed E-state index contributed by atoms with van der Waals surface area (Å²) in [6.07, 6.45) is 4.99. The van der Waals surface area contributed by atoms with Gasteiger partial charge in [-0.25, -0.2) is 0 Å². The number of likely N-dealkylation sites (tertiary alicyclic amines) is 1. The van der Waals surface area contributed by atoms with Gasteiger partial charge < -0.3 is 24.6 Å². The van der Waals surface area contributed by atoms with Crippen molar-refractivity contribution in [3.63, 3.8) is 0 Å². The summed E-state index contributed by atoms with van der Waals surface area (Å²) in [5.41, 5.74) is 2.87. The normalized spacial score (nSPS) is 19.2. The molecule has 7 nitrogen and oxygen atoms in total. The van der Waals surface area contributed by atoms with E-state index in [4.69, 9.17) is 9.47 Å². The molecule has 1 saturated heterocycles. The molecule has 2 heterocycles. The van der Waals surface area contributed by atoms with Crippen LogP contribution in [-0.2, 0) is 11.2 Å². The number of piperidine rings is 1. The number of aliphatic carboxylic acids is 1. The van der Waals surface area contributed by atoms with Crippen molar-refractivity contribution in [3.8, 4) is 11.5 Å². The number of benzene rings is 2. The maximum atomic E-state index is 12.1. The van der Waals surface area contributed by atoms with Crippen LogP contribution >= 0.6 is 0 Å². The van der Waals surface area contributed by atoms with Crippen molar-refractivity contribution in [1.82, 2.24) is 9.88 Å². The smallest absolute Gasteiger partial charge is 0.308 e. The van der Waals surface area contributed by atoms with Gasteiger partial charge in [-0.1, -0.05) is 12.1 Å². The van der Waals surface area contributed by atoms with E-state index in [2.05, 4.69) is 22.0 Å². The first-order valence-electron chi connectivity index (χ1n) is 12.7. The van der Waals surface area contributed by atoms with E-state index >= 15 is 0 Å². The average molecular weight is 493 g/mol. The van der Waals surface area contributed by atoms with Crippen LogP contribution in [-0.4, -0.2) is 59.9 Å². The summed E-state index contributed by atoms with van der Waals surface area (Å²) >= 11 is 0. The minimum absolute atomic E-state index is 0.0534. The van der Waals surface area contributed by atoms with Gasteiger partial charge in [0.15, 0.2) is 0 Å². The Morgan fingerprint density at radius 2 is 1.86 bits per heavy atom. The molecule has 0 spiro atoms. The summed E-state index contributed by atoms with van der Waals surface area (Å²) in [4.78, 5) is 18.8. The highest BCUT2D eigenvalue weighted by Crippen LogP contribution is 2.33. The Labute approximate surface area is 212 Å². The molecular formula is C29H36N2O5. The SMILES string of the molecule is COc1ccc(CCCN2CC[C@@H](CCC(O)c3ccnc4ccc(OC)cc34)[C@@H](C(=O)O)C2)cc1. The van der Waals surface area contributed by atoms with Crippen LogP contribution in [0.4, 0.5) is 0 Å². The zero-order valence-electron chi connectivity index (χ0n) is 21.1. The first-order chi connectivity index (χ1) is 17.5. The zero-order chi connectivity index (χ0) is 25.5. The molecule has 4 rings (SSSR count). The highest BCUT2D eigenvalue weighted by molar-refractivity contribution is 5.83. The van der Waals surface area contributed by atoms with Gasteiger partial charge in [0.2, 0.25) is 0 Å². The van der Waals surface area contributed by atoms with E-state index in [1.807, 2.05) is 36.4 Å². The van der Waals surface area contributed by atoms with E-state index in [9.17, 15) is 15.0 Å². The molecule has 2 N–H and O–H groups in total. The number of carbonyl (C=O) groups is 1. The molecular weight excluding hydrogens is 456 g/mol. The van der Waals surface area contributed by atoms with Crippen LogP contribution in [0, 0.1) is 11.8 Å². The third kappa shape index (κ3) is 6.33. The summed E-state index contributed by atoms with van der Waals surface area (Å²) < 4.78 is 10.6. The Hall–Kier alpha value is -3.16. The van der Waals surface area contributed by atoms with Crippen molar-refractivity contribution in [2.75, 3.05) is 33.9 Å². The van der Waals surface area contributed by atoms with Gasteiger partial charge in [-0.05, 0) is 98.6 Å². The summed E-state index contributed by atoms with van der Waals surface area (Å²) in [6, 6.07) is 15.6. The third-order valence-electron chi connectivity index (χ3n) is 7.41. The summed E-state index contributed by atoms with van der Waals surface area (Å²) in [5, 5.41) is 21.8. The summed E-state index contributed by atoms with van der Waals surface area (Å²) in [5.74, 6) is 0.466. The summed E-state index contributed by atoms with van der Waals surface area (Å²) in [7, 11) is 3.28. The van der Waals surface area contributed by atoms with Gasteiger partial charge in [-0.15, -0.1) is 0 Å². The lowest BCUT2D eigenvalue weighted by Crippen LogP contribution is -2.44. The number of hydrogen-bond acceptors (Lipinski definition) is 6. The first kappa shape index (κ1) is 25.9. The van der Waals surface area contributed by atoms with Gasteiger partial charge in [-0.2, -0.15) is 0 Å². The number of methoxy groups -OCH3 is 2. The molecule has 1 unspecified atom stereocenters. The standard InChI is InChI=1S/C29H36N2O5/c1-35-22-8-5-20(6-9-22)4-3-16-31-17-14-21(26(19-31)29(33)34)7-12-28(32)24-13-15-30-27-11-10-23(36-2)18-25(24)27/h5-6,8-11,13,15,18,21,26,28,32H,3-4,7,12,14,16-17,19H2,1-2H3,(H,33,34)/t21-,26+,28?/m1/s1. The highest BCUT2D eigenvalue weighted by Gasteiger charge is 2.34. The van der Waals surface area contributed by atoms with Crippen LogP contribution in [0.15, 0.2) is 54.7 Å². The molecule has 7 heteroatoms. The van der Waals surface area contributed by atoms with Gasteiger partial charge in [0.1, 0.15) is 11.5 Å². The van der Waals surface area contributed by atoms with Crippen LogP contribution in [0.2, 0.25) is 0 Å². The molecule has 1 aliphatic heterocycles. The number of pyridine rings is 1. The Balaban J connectivity index is 1.31. The first-order valence-corrected chi connectivity index (χ1v) is 12.7. The maximum absolute atomic E-state index is 12.1. The third-order valence-corrected chi connectivity index (χ3v) is 7.41. The van der Waals surface area contributed by atoms with Crippen molar-refractivity contribution < 1.29 is 24.5 Å². The Morgan fingerprint density at radius 3 is 2.58 bits per heavy atom. The lowest BCUT2D eigenvalue weighted by molar-refractivity contribution is -0.146. The minimum Gasteiger partial charge on any atom is -0.497 e. The van der Waals surface area contributed by atoms with Crippen LogP contribution in [0.1, 0.15) is 42.9 Å². The second kappa shape index (κ2) is 12.2. The van der Waals surface area contributed by atoms with Gasteiger partial charge in [0.25, 0.3) is 0 Å². The van der Waals surface area contributed by atoms with Crippen molar-refractivity contribution >= 4 is 16.9 Å². The van der Waals surface area contributed by atoms with Crippen molar-refractivity contribution in [2.24, 2.45) is 11.8 Å². The number of fused-ring (bicyclic) bond motifs is 1. The molecule has 1 fully saturated rings. The van der Waals surface area contributed by atoms with Crippen molar-refractivity contribution in [2.45, 2.75) is 38.2 Å². The Kier molecular flexibility index (Phi) is 8.78. The predicted molar refractivity (Wildman–Crippen MR) is 139 cm³/mol. The Bertz CT molecular complexity index is 1150. The fourth-order valence-electron chi connectivity index (χ4n) is 5.29. The van der Waals surface area contributed by atoms with Crippen LogP contribution in [0.5, 0.6) is 11.5 Å². The van der Waals surface area contributed by atoms with Gasteiger partial charge in [0, 0.05) is 18.1 Å². The molecule has 3 aromatic rings. The van der Waals surface area contributed by atoms with Crippen molar-refractivity contribution in [3.05, 3.63) is 65.9 Å². The van der Waals surface area contributed by atoms with Crippen molar-refractivity contribution in [1.29, 1.82) is 0 Å². The van der Waals surface area contributed by atoms with Crippen LogP contribution in [0.3, 0.4) is 0 Å². The van der Waals surface area contributed by atoms with E-state index in [1.165, 1.54) is 5.56 Å². The molecule has 1 aliphatic rings. The topological polar surface area (TPSA) is 92.1 Å². The number of carboxylic acid groups (broad SMARTS) is 1. The maximum Gasteiger partial charge on any atom is 0.308 e. The number of hydrogen-bond donors (Lipinski definition) is 2. The lowest BCUT2D eigenvalue weighted by Gasteiger charge is -2.37. The quantitative estimate of drug-likeness (QED) is 0.400. The molecule has 0 amide bonds. The fraction of sp³-hybridized carbons (Fsp3) is 0.448. The molecule has 0 bridgehead atoms. The van der Waals surface area contributed by atoms with E-state index in [0.29, 0.717) is 25.1 Å². The monoisotopic (exact) mass is 492 g/mol. The van der Waals surface area contributed by atoms with Gasteiger partial charge in [-0.3, -0.25) is 9.78 Å². The molecule has 192 valence electrons. The molecule has 2 aromatic carbocycles. The predicted octanol–water partition coefficient (Wildman–Crippen LogP) is 4.72. The largest absolute Gasteiger partial charge is 0.497 e. The molecule has 0 aliphatic carbocycles. The molecule has 3 atom stereocenters. The van der Waals surface area contributed by atoms with E-state index in [-0.39, 0.29) is 5.92 Å². The minimum atomic E-state index is -0.742. The summed E-state index contributed by atoms with van der Waals surface area (Å²) in [6.45, 7) is 2.34. The number of aliphatic hydroxyl groups excluding tert-OH is 1. The zero-order valence-corrected chi connectivity index (χ0v) is 21.1. The second-order valence-corrected chi connectivity index (χ2v) is 9.62. The highest BCUT2D eigenvalue weighted by atomic mass is 16.5. The molecule has 36 heavy (non-hydrogen) atoms. The second-order valence-electron chi connectivity index (χ2n) is 9.62. The fourth-order valence-corrected chi connectivity index (χ4v) is 5.29. The lowest BCUT2D eigenvalue weighted by atomic mass is 9.81. The van der Waals surface area contributed by atoms with Crippen LogP contribution < -0.4 is 9.47 Å². The van der Waals surface area contributed by atoms with E-state index in [1.54, 1.807) is 20.4 Å². The number of rotatable bonds is 11. The number of aryl methyl sites for hydroxylation is 1. The van der Waals surface area contributed by atoms with Gasteiger partial charge in [0.05, 0.1) is 31.8 Å². The number of ether oxygens (including phenoxy) is 2. The number of nitrogens with zero attached hydrogens (tertiary/aromatic N) is 2. The molecule has 1 aromatic heterocycles. The van der Waals surface area contributed by atoms with E-state index in [0.717, 1.165) is 54.6 Å². The van der Waals surface area contributed by atoms with Gasteiger partial charge >= 0.3 is 5.97 Å². The molecule has 0 radical (unpaired) electrons. The number of aliphatic hydroxyl groups is 1. The number of aromatic nitrogens is 1. The van der Waals surface area contributed by atoms with E-state index < -0.39 is 18.0 Å². The average Bonchev–Trinajstić information content (AvgIpc) is 2.91. The van der Waals surface area contributed by atoms with Crippen LogP contribution in [0.25, 0.3) is 10.9 Å².